The predicted octanol–water partition coefficient (Wildman–Crippen LogP) is 1.22. The normalized spacial score (nSPS) is 13.8. The summed E-state index contributed by atoms with van der Waals surface area (Å²) in [4.78, 5) is 15.4. The fourth-order valence-corrected chi connectivity index (χ4v) is 0.948. The fraction of sp³-hybridized carbons (Fsp3) is 0.778. The van der Waals surface area contributed by atoms with Gasteiger partial charge in [-0.25, -0.2) is 0 Å². The van der Waals surface area contributed by atoms with Gasteiger partial charge in [-0.3, -0.25) is 9.79 Å². The Labute approximate surface area is 79.3 Å². The summed E-state index contributed by atoms with van der Waals surface area (Å²) in [5.41, 5.74) is 0. The lowest BCUT2D eigenvalue weighted by Gasteiger charge is -2.11. The maximum atomic E-state index is 9.00. The van der Waals surface area contributed by atoms with Crippen LogP contribution in [0.3, 0.4) is 0 Å². The number of hydrogen-bond donors (Lipinski definition) is 1. The Morgan fingerprint density at radius 3 is 2.69 bits per heavy atom. The van der Waals surface area contributed by atoms with E-state index in [1.54, 1.807) is 0 Å². The molecule has 0 amide bonds. The molecule has 0 atom stereocenters. The summed E-state index contributed by atoms with van der Waals surface area (Å²) in [5.74, 6) is -0.833. The Morgan fingerprint density at radius 2 is 2.31 bits per heavy atom. The third-order valence-electron chi connectivity index (χ3n) is 1.56. The molecule has 1 aliphatic heterocycles. The van der Waals surface area contributed by atoms with E-state index in [1.165, 1.54) is 19.4 Å². The number of carboxylic acids is 1. The monoisotopic (exact) mass is 186 g/mol. The van der Waals surface area contributed by atoms with Crippen LogP contribution < -0.4 is 0 Å². The second-order valence-electron chi connectivity index (χ2n) is 2.93. The molecule has 0 aromatic carbocycles. The first-order chi connectivity index (χ1) is 6.16. The first-order valence-electron chi connectivity index (χ1n) is 4.60. The van der Waals surface area contributed by atoms with E-state index in [-0.39, 0.29) is 0 Å². The average Bonchev–Trinajstić information content (AvgIpc) is 2.51. The van der Waals surface area contributed by atoms with Crippen molar-refractivity contribution in [2.45, 2.75) is 26.7 Å². The van der Waals surface area contributed by atoms with E-state index in [9.17, 15) is 0 Å². The summed E-state index contributed by atoms with van der Waals surface area (Å²) in [6.45, 7) is 6.64. The van der Waals surface area contributed by atoms with Gasteiger partial charge in [0, 0.05) is 20.0 Å². The van der Waals surface area contributed by atoms with Gasteiger partial charge in [-0.15, -0.1) is 0 Å². The number of hydrogen-bond acceptors (Lipinski definition) is 3. The van der Waals surface area contributed by atoms with E-state index >= 15 is 0 Å². The molecule has 0 unspecified atom stereocenters. The smallest absolute Gasteiger partial charge is 0.300 e. The van der Waals surface area contributed by atoms with Gasteiger partial charge in [-0.2, -0.15) is 0 Å². The summed E-state index contributed by atoms with van der Waals surface area (Å²) in [6, 6.07) is 0. The van der Waals surface area contributed by atoms with Crippen LogP contribution in [0.15, 0.2) is 4.99 Å². The van der Waals surface area contributed by atoms with E-state index in [0.717, 1.165) is 20.0 Å². The van der Waals surface area contributed by atoms with Crippen molar-refractivity contribution in [1.29, 1.82) is 0 Å². The summed E-state index contributed by atoms with van der Waals surface area (Å²) < 4.78 is 0. The molecule has 4 heteroatoms. The van der Waals surface area contributed by atoms with E-state index in [2.05, 4.69) is 16.8 Å². The van der Waals surface area contributed by atoms with Gasteiger partial charge < -0.3 is 10.0 Å². The molecule has 0 aliphatic carbocycles. The summed E-state index contributed by atoms with van der Waals surface area (Å²) in [6.07, 6.45) is 4.55. The fourth-order valence-electron chi connectivity index (χ4n) is 0.948. The molecule has 0 spiro atoms. The first kappa shape index (κ1) is 11.9. The van der Waals surface area contributed by atoms with Gasteiger partial charge in [0.15, 0.2) is 0 Å². The van der Waals surface area contributed by atoms with Crippen LogP contribution >= 0.6 is 0 Å². The topological polar surface area (TPSA) is 52.9 Å². The summed E-state index contributed by atoms with van der Waals surface area (Å²) in [7, 11) is 0. The van der Waals surface area contributed by atoms with Crippen molar-refractivity contribution in [3.8, 4) is 0 Å². The second kappa shape index (κ2) is 7.58. The number of unbranched alkanes of at least 4 members (excludes halogenated alkanes) is 1. The number of carbonyl (C=O) groups is 1. The van der Waals surface area contributed by atoms with Crippen molar-refractivity contribution in [2.75, 3.05) is 19.6 Å². The highest BCUT2D eigenvalue weighted by atomic mass is 16.4. The Kier molecular flexibility index (Phi) is 6.96. The molecule has 0 saturated heterocycles. The molecule has 1 N–H and O–H groups in total. The van der Waals surface area contributed by atoms with Gasteiger partial charge in [0.1, 0.15) is 0 Å². The van der Waals surface area contributed by atoms with Gasteiger partial charge in [-0.1, -0.05) is 13.3 Å². The maximum Gasteiger partial charge on any atom is 0.300 e. The minimum Gasteiger partial charge on any atom is -0.481 e. The van der Waals surface area contributed by atoms with Gasteiger partial charge in [0.2, 0.25) is 0 Å². The molecule has 76 valence electrons. The lowest BCUT2D eigenvalue weighted by atomic mass is 10.3. The highest BCUT2D eigenvalue weighted by Gasteiger charge is 2.01. The summed E-state index contributed by atoms with van der Waals surface area (Å²) in [5, 5.41) is 7.42. The number of aliphatic imine (C=N–C) groups is 1. The van der Waals surface area contributed by atoms with Crippen molar-refractivity contribution in [1.82, 2.24) is 4.90 Å². The highest BCUT2D eigenvalue weighted by Crippen LogP contribution is 1.96. The number of aliphatic carboxylic acids is 1. The van der Waals surface area contributed by atoms with Gasteiger partial charge in [0.25, 0.3) is 5.97 Å². The number of rotatable bonds is 3. The van der Waals surface area contributed by atoms with E-state index in [1.807, 2.05) is 6.34 Å². The van der Waals surface area contributed by atoms with Gasteiger partial charge >= 0.3 is 0 Å². The zero-order valence-electron chi connectivity index (χ0n) is 8.36. The zero-order valence-corrected chi connectivity index (χ0v) is 8.36. The lowest BCUT2D eigenvalue weighted by Crippen LogP contribution is -2.20. The Hall–Kier alpha value is -1.06. The van der Waals surface area contributed by atoms with Crippen LogP contribution in [0.2, 0.25) is 0 Å². The SMILES string of the molecule is CC(=O)O.CCCCN1C=NCC1. The highest BCUT2D eigenvalue weighted by molar-refractivity contribution is 5.62. The third-order valence-corrected chi connectivity index (χ3v) is 1.56. The van der Waals surface area contributed by atoms with Crippen molar-refractivity contribution < 1.29 is 9.90 Å². The molecule has 0 saturated carbocycles. The van der Waals surface area contributed by atoms with Crippen LogP contribution in [0.25, 0.3) is 0 Å². The van der Waals surface area contributed by atoms with Gasteiger partial charge in [-0.05, 0) is 6.42 Å². The molecule has 0 aromatic heterocycles. The van der Waals surface area contributed by atoms with Crippen molar-refractivity contribution in [3.05, 3.63) is 0 Å². The molecular weight excluding hydrogens is 168 g/mol. The Morgan fingerprint density at radius 1 is 1.69 bits per heavy atom. The lowest BCUT2D eigenvalue weighted by molar-refractivity contribution is -0.134. The van der Waals surface area contributed by atoms with Crippen LogP contribution in [0.4, 0.5) is 0 Å². The molecule has 1 rings (SSSR count). The molecule has 1 aliphatic rings. The van der Waals surface area contributed by atoms with Crippen LogP contribution in [0, 0.1) is 0 Å². The second-order valence-corrected chi connectivity index (χ2v) is 2.93. The van der Waals surface area contributed by atoms with Crippen LogP contribution in [-0.2, 0) is 4.79 Å². The Bertz CT molecular complexity index is 165. The zero-order chi connectivity index (χ0) is 10.1. The first-order valence-corrected chi connectivity index (χ1v) is 4.60. The van der Waals surface area contributed by atoms with Crippen LogP contribution in [-0.4, -0.2) is 41.9 Å². The summed E-state index contributed by atoms with van der Waals surface area (Å²) >= 11 is 0. The maximum absolute atomic E-state index is 9.00. The quantitative estimate of drug-likeness (QED) is 0.721. The minimum atomic E-state index is -0.833. The standard InChI is InChI=1S/C7H14N2.C2H4O2/c1-2-3-5-9-6-4-8-7-9;1-2(3)4/h7H,2-6H2,1H3;1H3,(H,3,4). The molecule has 1 heterocycles. The molecule has 13 heavy (non-hydrogen) atoms. The molecule has 0 radical (unpaired) electrons. The number of carboxylic acid groups (broad SMARTS) is 1. The number of nitrogens with zero attached hydrogens (tertiary/aromatic N) is 2. The average molecular weight is 186 g/mol. The van der Waals surface area contributed by atoms with Crippen molar-refractivity contribution in [2.24, 2.45) is 4.99 Å². The Balaban J connectivity index is 0.000000310. The molecule has 0 bridgehead atoms. The van der Waals surface area contributed by atoms with E-state index in [4.69, 9.17) is 9.90 Å². The van der Waals surface area contributed by atoms with Crippen molar-refractivity contribution in [3.63, 3.8) is 0 Å². The van der Waals surface area contributed by atoms with E-state index in [0.29, 0.717) is 0 Å². The van der Waals surface area contributed by atoms with Crippen molar-refractivity contribution >= 4 is 12.3 Å². The molecule has 0 aromatic rings. The van der Waals surface area contributed by atoms with Gasteiger partial charge in [0.05, 0.1) is 12.9 Å². The van der Waals surface area contributed by atoms with E-state index < -0.39 is 5.97 Å². The molecular formula is C9H18N2O2. The molecule has 0 fully saturated rings. The third kappa shape index (κ3) is 8.85. The largest absolute Gasteiger partial charge is 0.481 e. The predicted molar refractivity (Wildman–Crippen MR) is 53.1 cm³/mol. The minimum absolute atomic E-state index is 0.833. The van der Waals surface area contributed by atoms with Crippen LogP contribution in [0.1, 0.15) is 26.7 Å². The van der Waals surface area contributed by atoms with Crippen LogP contribution in [0.5, 0.6) is 0 Å². The molecule has 4 nitrogen and oxygen atoms in total.